The van der Waals surface area contributed by atoms with Crippen molar-refractivity contribution in [1.29, 1.82) is 0 Å². The zero-order valence-corrected chi connectivity index (χ0v) is 9.88. The van der Waals surface area contributed by atoms with Crippen LogP contribution in [0.2, 0.25) is 0 Å². The lowest BCUT2D eigenvalue weighted by atomic mass is 10.1. The minimum Gasteiger partial charge on any atom is -0.381 e. The van der Waals surface area contributed by atoms with Gasteiger partial charge in [0.25, 0.3) is 0 Å². The Morgan fingerprint density at radius 2 is 2.29 bits per heavy atom. The minimum atomic E-state index is -0.403. The van der Waals surface area contributed by atoms with Crippen LogP contribution in [0.4, 0.5) is 8.78 Å². The summed E-state index contributed by atoms with van der Waals surface area (Å²) in [6.45, 7) is 4.17. The Morgan fingerprint density at radius 3 is 3.00 bits per heavy atom. The number of benzene rings is 1. The fraction of sp³-hybridized carbons (Fsp3) is 0.538. The van der Waals surface area contributed by atoms with E-state index in [-0.39, 0.29) is 11.9 Å². The highest BCUT2D eigenvalue weighted by atomic mass is 19.1. The van der Waals surface area contributed by atoms with Gasteiger partial charge >= 0.3 is 0 Å². The van der Waals surface area contributed by atoms with Crippen LogP contribution in [0.1, 0.15) is 24.9 Å². The van der Waals surface area contributed by atoms with Crippen LogP contribution in [0.25, 0.3) is 0 Å². The molecule has 17 heavy (non-hydrogen) atoms. The van der Waals surface area contributed by atoms with Crippen molar-refractivity contribution >= 4 is 0 Å². The van der Waals surface area contributed by atoms with Gasteiger partial charge in [0, 0.05) is 24.8 Å². The van der Waals surface area contributed by atoms with E-state index < -0.39 is 5.82 Å². The van der Waals surface area contributed by atoms with E-state index in [2.05, 4.69) is 5.32 Å². The molecular formula is C13H17F2NO. The number of hydrogen-bond donors (Lipinski definition) is 1. The molecule has 0 amide bonds. The lowest BCUT2D eigenvalue weighted by molar-refractivity contribution is 0.184. The van der Waals surface area contributed by atoms with Crippen LogP contribution < -0.4 is 5.32 Å². The highest BCUT2D eigenvalue weighted by molar-refractivity contribution is 5.21. The fourth-order valence-corrected chi connectivity index (χ4v) is 2.04. The highest BCUT2D eigenvalue weighted by Crippen LogP contribution is 2.19. The first-order valence-electron chi connectivity index (χ1n) is 5.93. The van der Waals surface area contributed by atoms with Gasteiger partial charge in [0.2, 0.25) is 0 Å². The van der Waals surface area contributed by atoms with Gasteiger partial charge < -0.3 is 10.1 Å². The fourth-order valence-electron chi connectivity index (χ4n) is 2.04. The maximum absolute atomic E-state index is 13.5. The van der Waals surface area contributed by atoms with Crippen molar-refractivity contribution in [1.82, 2.24) is 5.32 Å². The third-order valence-electron chi connectivity index (χ3n) is 3.16. The average Bonchev–Trinajstić information content (AvgIpc) is 2.82. The van der Waals surface area contributed by atoms with Crippen molar-refractivity contribution < 1.29 is 13.5 Å². The third-order valence-corrected chi connectivity index (χ3v) is 3.16. The monoisotopic (exact) mass is 241 g/mol. The van der Waals surface area contributed by atoms with E-state index in [1.54, 1.807) is 0 Å². The molecule has 4 heteroatoms. The maximum atomic E-state index is 13.5. The molecule has 2 unspecified atom stereocenters. The van der Waals surface area contributed by atoms with Crippen molar-refractivity contribution in [3.8, 4) is 0 Å². The Labute approximate surface area is 100.0 Å². The summed E-state index contributed by atoms with van der Waals surface area (Å²) < 4.78 is 31.8. The van der Waals surface area contributed by atoms with Crippen LogP contribution in [0.5, 0.6) is 0 Å². The van der Waals surface area contributed by atoms with E-state index in [1.807, 2.05) is 6.92 Å². The molecule has 1 heterocycles. The first-order chi connectivity index (χ1) is 8.16. The van der Waals surface area contributed by atoms with E-state index in [0.29, 0.717) is 11.5 Å². The van der Waals surface area contributed by atoms with Crippen molar-refractivity contribution in [3.63, 3.8) is 0 Å². The summed E-state index contributed by atoms with van der Waals surface area (Å²) in [6, 6.07) is 3.36. The van der Waals surface area contributed by atoms with E-state index >= 15 is 0 Å². The lowest BCUT2D eigenvalue weighted by Crippen LogP contribution is -2.26. The molecule has 1 saturated heterocycles. The van der Waals surface area contributed by atoms with Crippen molar-refractivity contribution in [2.24, 2.45) is 5.92 Å². The van der Waals surface area contributed by atoms with Gasteiger partial charge in [-0.2, -0.15) is 0 Å². The summed E-state index contributed by atoms with van der Waals surface area (Å²) in [5.74, 6) is -0.289. The lowest BCUT2D eigenvalue weighted by Gasteiger charge is -2.17. The zero-order valence-electron chi connectivity index (χ0n) is 9.88. The Hall–Kier alpha value is -1.00. The van der Waals surface area contributed by atoms with Gasteiger partial charge in [-0.3, -0.25) is 0 Å². The second-order valence-electron chi connectivity index (χ2n) is 4.53. The topological polar surface area (TPSA) is 21.3 Å². The largest absolute Gasteiger partial charge is 0.381 e. The van der Waals surface area contributed by atoms with Crippen LogP contribution in [-0.4, -0.2) is 19.8 Å². The molecule has 0 aliphatic carbocycles. The molecule has 0 spiro atoms. The van der Waals surface area contributed by atoms with Crippen LogP contribution in [-0.2, 0) is 4.74 Å². The highest BCUT2D eigenvalue weighted by Gasteiger charge is 2.18. The second kappa shape index (κ2) is 5.56. The summed E-state index contributed by atoms with van der Waals surface area (Å²) >= 11 is 0. The molecule has 2 rings (SSSR count). The van der Waals surface area contributed by atoms with Crippen LogP contribution in [0.15, 0.2) is 18.2 Å². The number of halogens is 2. The van der Waals surface area contributed by atoms with E-state index in [9.17, 15) is 8.78 Å². The predicted octanol–water partition coefficient (Wildman–Crippen LogP) is 2.65. The summed E-state index contributed by atoms with van der Waals surface area (Å²) in [7, 11) is 0. The van der Waals surface area contributed by atoms with Crippen molar-refractivity contribution in [2.45, 2.75) is 19.4 Å². The summed E-state index contributed by atoms with van der Waals surface area (Å²) in [4.78, 5) is 0. The minimum absolute atomic E-state index is 0.189. The first-order valence-corrected chi connectivity index (χ1v) is 5.93. The first kappa shape index (κ1) is 12.5. The molecule has 1 aromatic rings. The Balaban J connectivity index is 1.93. The molecule has 1 aliphatic rings. The van der Waals surface area contributed by atoms with Gasteiger partial charge in [0.15, 0.2) is 0 Å². The number of ether oxygens (including phenoxy) is 1. The number of nitrogens with one attached hydrogen (secondary N) is 1. The molecule has 94 valence electrons. The normalized spacial score (nSPS) is 21.7. The smallest absolute Gasteiger partial charge is 0.128 e. The SMILES string of the molecule is CC(NCC1CCOC1)c1cc(F)ccc1F. The van der Waals surface area contributed by atoms with E-state index in [4.69, 9.17) is 4.74 Å². The van der Waals surface area contributed by atoms with Gasteiger partial charge in [-0.05, 0) is 37.5 Å². The summed E-state index contributed by atoms with van der Waals surface area (Å²) in [5.41, 5.74) is 0.379. The molecule has 2 nitrogen and oxygen atoms in total. The molecule has 0 aromatic heterocycles. The molecule has 1 aromatic carbocycles. The predicted molar refractivity (Wildman–Crippen MR) is 61.7 cm³/mol. The molecule has 1 N–H and O–H groups in total. The van der Waals surface area contributed by atoms with E-state index in [0.717, 1.165) is 32.2 Å². The van der Waals surface area contributed by atoms with Crippen LogP contribution in [0, 0.1) is 17.6 Å². The van der Waals surface area contributed by atoms with Crippen LogP contribution in [0.3, 0.4) is 0 Å². The summed E-state index contributed by atoms with van der Waals surface area (Å²) in [6.07, 6.45) is 1.03. The molecule has 0 radical (unpaired) electrons. The van der Waals surface area contributed by atoms with Gasteiger partial charge in [-0.1, -0.05) is 0 Å². The molecule has 1 aliphatic heterocycles. The Bertz CT molecular complexity index is 378. The number of hydrogen-bond acceptors (Lipinski definition) is 2. The number of rotatable bonds is 4. The van der Waals surface area contributed by atoms with Gasteiger partial charge in [0.05, 0.1) is 6.61 Å². The quantitative estimate of drug-likeness (QED) is 0.875. The average molecular weight is 241 g/mol. The Morgan fingerprint density at radius 1 is 1.47 bits per heavy atom. The molecule has 0 saturated carbocycles. The molecule has 0 bridgehead atoms. The zero-order chi connectivity index (χ0) is 12.3. The van der Waals surface area contributed by atoms with E-state index in [1.165, 1.54) is 12.1 Å². The summed E-state index contributed by atoms with van der Waals surface area (Å²) in [5, 5.41) is 3.22. The maximum Gasteiger partial charge on any atom is 0.128 e. The third kappa shape index (κ3) is 3.23. The van der Waals surface area contributed by atoms with Gasteiger partial charge in [0.1, 0.15) is 11.6 Å². The second-order valence-corrected chi connectivity index (χ2v) is 4.53. The molecule has 1 fully saturated rings. The Kier molecular flexibility index (Phi) is 4.07. The van der Waals surface area contributed by atoms with Gasteiger partial charge in [-0.25, -0.2) is 8.78 Å². The molecular weight excluding hydrogens is 224 g/mol. The van der Waals surface area contributed by atoms with Crippen molar-refractivity contribution in [3.05, 3.63) is 35.4 Å². The standard InChI is InChI=1S/C13H17F2NO/c1-9(16-7-10-4-5-17-8-10)12-6-11(14)2-3-13(12)15/h2-3,6,9-10,16H,4-5,7-8H2,1H3. The van der Waals surface area contributed by atoms with Crippen molar-refractivity contribution in [2.75, 3.05) is 19.8 Å². The molecule has 2 atom stereocenters. The van der Waals surface area contributed by atoms with Crippen LogP contribution >= 0.6 is 0 Å². The van der Waals surface area contributed by atoms with Gasteiger partial charge in [-0.15, -0.1) is 0 Å².